The second-order valence-electron chi connectivity index (χ2n) is 13.3. The van der Waals surface area contributed by atoms with E-state index in [1.54, 1.807) is 53.7 Å². The smallest absolute Gasteiger partial charge is 0.405 e. The Bertz CT molecular complexity index is 1780. The van der Waals surface area contributed by atoms with E-state index in [9.17, 15) is 33.0 Å². The number of amides is 2. The van der Waals surface area contributed by atoms with Crippen molar-refractivity contribution in [1.29, 1.82) is 0 Å². The van der Waals surface area contributed by atoms with E-state index in [1.807, 2.05) is 52.7 Å². The number of aliphatic hydroxyl groups is 2. The van der Waals surface area contributed by atoms with Crippen LogP contribution in [0.25, 0.3) is 11.3 Å². The molecule has 276 valence electrons. The number of nitrogens with zero attached hydrogens (tertiary/aromatic N) is 3. The van der Waals surface area contributed by atoms with E-state index in [0.29, 0.717) is 35.9 Å². The van der Waals surface area contributed by atoms with Crippen LogP contribution in [0, 0.1) is 5.92 Å². The van der Waals surface area contributed by atoms with Crippen molar-refractivity contribution in [2.24, 2.45) is 5.92 Å². The van der Waals surface area contributed by atoms with E-state index < -0.39 is 54.7 Å². The van der Waals surface area contributed by atoms with Crippen LogP contribution >= 0.6 is 0 Å². The first-order valence-electron chi connectivity index (χ1n) is 17.2. The van der Waals surface area contributed by atoms with Crippen molar-refractivity contribution in [2.45, 2.75) is 49.9 Å². The third kappa shape index (κ3) is 9.76. The number of furan rings is 1. The number of ether oxygens (including phenoxy) is 1. The second-order valence-corrected chi connectivity index (χ2v) is 13.3. The average molecular weight is 722 g/mol. The molecule has 0 radical (unpaired) electrons. The number of fused-ring (bicyclic) bond motifs is 1. The van der Waals surface area contributed by atoms with Gasteiger partial charge in [0, 0.05) is 55.6 Å². The van der Waals surface area contributed by atoms with E-state index >= 15 is 0 Å². The molecule has 4 aromatic rings. The van der Waals surface area contributed by atoms with Crippen LogP contribution in [0.15, 0.2) is 95.7 Å². The van der Waals surface area contributed by atoms with Crippen LogP contribution < -0.4 is 15.4 Å². The molecule has 2 aromatic carbocycles. The molecular weight excluding hydrogens is 679 g/mol. The summed E-state index contributed by atoms with van der Waals surface area (Å²) in [4.78, 5) is 34.8. The number of alkyl halides is 3. The molecule has 0 bridgehead atoms. The highest BCUT2D eigenvalue weighted by Gasteiger charge is 2.38. The zero-order valence-corrected chi connectivity index (χ0v) is 28.4. The van der Waals surface area contributed by atoms with Crippen molar-refractivity contribution in [2.75, 3.05) is 39.3 Å². The number of nitrogens with one attached hydrogen (secondary N) is 2. The molecule has 1 fully saturated rings. The normalized spacial score (nSPS) is 20.7. The first-order chi connectivity index (χ1) is 25.0. The van der Waals surface area contributed by atoms with Crippen molar-refractivity contribution in [3.05, 3.63) is 108 Å². The third-order valence-corrected chi connectivity index (χ3v) is 9.39. The number of carbonyl (C=O) groups excluding carboxylic acids is 2. The molecule has 2 aromatic heterocycles. The number of piperazine rings is 1. The minimum Gasteiger partial charge on any atom is -0.490 e. The highest BCUT2D eigenvalue weighted by molar-refractivity contribution is 5.82. The van der Waals surface area contributed by atoms with E-state index in [0.717, 1.165) is 11.1 Å². The Labute approximate surface area is 299 Å². The third-order valence-electron chi connectivity index (χ3n) is 9.39. The molecule has 1 saturated heterocycles. The second kappa shape index (κ2) is 16.7. The Hall–Kier alpha value is -4.76. The van der Waals surface area contributed by atoms with Crippen LogP contribution in [0.5, 0.6) is 5.75 Å². The van der Waals surface area contributed by atoms with Gasteiger partial charge in [-0.2, -0.15) is 13.2 Å². The Morgan fingerprint density at radius 1 is 0.981 bits per heavy atom. The van der Waals surface area contributed by atoms with E-state index in [-0.39, 0.29) is 39.1 Å². The first kappa shape index (κ1) is 37.0. The molecule has 2 amide bonds. The van der Waals surface area contributed by atoms with Crippen molar-refractivity contribution >= 4 is 11.8 Å². The van der Waals surface area contributed by atoms with Gasteiger partial charge < -0.3 is 30.0 Å². The molecule has 1 unspecified atom stereocenters. The van der Waals surface area contributed by atoms with Crippen molar-refractivity contribution in [1.82, 2.24) is 25.4 Å². The van der Waals surface area contributed by atoms with Crippen LogP contribution in [0.1, 0.15) is 29.3 Å². The summed E-state index contributed by atoms with van der Waals surface area (Å²) in [6.07, 6.45) is -3.26. The lowest BCUT2D eigenvalue weighted by Gasteiger charge is -2.41. The zero-order chi connectivity index (χ0) is 36.7. The van der Waals surface area contributed by atoms with Gasteiger partial charge in [-0.3, -0.25) is 24.4 Å². The maximum atomic E-state index is 13.9. The number of hydrogen-bond donors (Lipinski definition) is 4. The highest BCUT2D eigenvalue weighted by atomic mass is 19.4. The van der Waals surface area contributed by atoms with Gasteiger partial charge in [-0.15, -0.1) is 0 Å². The van der Waals surface area contributed by atoms with Gasteiger partial charge in [0.25, 0.3) is 0 Å². The zero-order valence-electron chi connectivity index (χ0n) is 28.4. The summed E-state index contributed by atoms with van der Waals surface area (Å²) in [5.41, 5.74) is 2.34. The number of halogens is 3. The quantitative estimate of drug-likeness (QED) is 0.163. The summed E-state index contributed by atoms with van der Waals surface area (Å²) in [5.74, 6) is -0.0782. The molecule has 52 heavy (non-hydrogen) atoms. The summed E-state index contributed by atoms with van der Waals surface area (Å²) in [6.45, 7) is -0.371. The van der Waals surface area contributed by atoms with Gasteiger partial charge >= 0.3 is 6.18 Å². The molecule has 6 rings (SSSR count). The van der Waals surface area contributed by atoms with Crippen molar-refractivity contribution < 1.29 is 42.1 Å². The van der Waals surface area contributed by atoms with Gasteiger partial charge in [0.2, 0.25) is 11.8 Å². The molecule has 2 aliphatic rings. The fraction of sp³-hybridized carbons (Fsp3) is 0.395. The highest BCUT2D eigenvalue weighted by Crippen LogP contribution is 2.33. The number of pyridine rings is 1. The average Bonchev–Trinajstić information content (AvgIpc) is 3.61. The molecule has 4 N–H and O–H groups in total. The Balaban J connectivity index is 1.15. The summed E-state index contributed by atoms with van der Waals surface area (Å²) < 4.78 is 51.0. The van der Waals surface area contributed by atoms with Crippen molar-refractivity contribution in [3.63, 3.8) is 0 Å². The van der Waals surface area contributed by atoms with Gasteiger partial charge in [-0.25, -0.2) is 0 Å². The number of para-hydroxylation sites is 1. The first-order valence-corrected chi connectivity index (χ1v) is 17.2. The van der Waals surface area contributed by atoms with E-state index in [4.69, 9.17) is 9.15 Å². The molecule has 2 aliphatic heterocycles. The summed E-state index contributed by atoms with van der Waals surface area (Å²) in [6, 6.07) is 22.2. The van der Waals surface area contributed by atoms with E-state index in [2.05, 4.69) is 10.3 Å². The fourth-order valence-electron chi connectivity index (χ4n) is 6.79. The molecule has 14 heteroatoms. The monoisotopic (exact) mass is 721 g/mol. The van der Waals surface area contributed by atoms with Crippen LogP contribution in [0.2, 0.25) is 0 Å². The molecule has 11 nitrogen and oxygen atoms in total. The molecular formula is C38H42F3N5O6. The standard InChI is InChI=1S/C38H42F3N5O6/c39-38(40,41)24-43-37(50)31-22-45(21-29-10-11-33(52-29)26-6-2-1-3-7-26)16-17-46(31)20-28(47)19-27(18-25-12-14-42-15-13-25)36(49)44-35-30-8-4-5-9-34(30)51-23-32(35)48/h1-15,27-28,31-32,35,47-48H,16-24H2,(H,43,50)(H,44,49)/t27?,28-,31-,32+,35-/m0/s1. The predicted octanol–water partition coefficient (Wildman–Crippen LogP) is 3.73. The number of aromatic nitrogens is 1. The maximum absolute atomic E-state index is 13.9. The molecule has 0 aliphatic carbocycles. The minimum absolute atomic E-state index is 0.00249. The molecule has 0 saturated carbocycles. The van der Waals surface area contributed by atoms with Gasteiger partial charge in [0.1, 0.15) is 42.6 Å². The summed E-state index contributed by atoms with van der Waals surface area (Å²) in [7, 11) is 0. The maximum Gasteiger partial charge on any atom is 0.405 e. The Kier molecular flexibility index (Phi) is 11.9. The summed E-state index contributed by atoms with van der Waals surface area (Å²) >= 11 is 0. The topological polar surface area (TPSA) is 140 Å². The van der Waals surface area contributed by atoms with Gasteiger partial charge in [-0.05, 0) is 48.7 Å². The number of rotatable bonds is 13. The number of hydrogen-bond acceptors (Lipinski definition) is 9. The van der Waals surface area contributed by atoms with Crippen molar-refractivity contribution in [3.8, 4) is 17.1 Å². The summed E-state index contributed by atoms with van der Waals surface area (Å²) in [5, 5.41) is 27.2. The largest absolute Gasteiger partial charge is 0.490 e. The lowest BCUT2D eigenvalue weighted by atomic mass is 9.91. The Morgan fingerprint density at radius 3 is 2.50 bits per heavy atom. The lowest BCUT2D eigenvalue weighted by Crippen LogP contribution is -2.60. The van der Waals surface area contributed by atoms with Crippen LogP contribution in [-0.2, 0) is 22.6 Å². The van der Waals surface area contributed by atoms with Gasteiger partial charge in [-0.1, -0.05) is 48.5 Å². The van der Waals surface area contributed by atoms with Crippen LogP contribution in [0.3, 0.4) is 0 Å². The van der Waals surface area contributed by atoms with Crippen LogP contribution in [-0.4, -0.2) is 101 Å². The fourth-order valence-corrected chi connectivity index (χ4v) is 6.79. The Morgan fingerprint density at radius 2 is 1.73 bits per heavy atom. The SMILES string of the molecule is O=C(N[C@H]1c2ccccc2OC[C@H]1O)C(Cc1ccncc1)C[C@H](O)CN1CCN(Cc2ccc(-c3ccccc3)o2)C[C@H]1C(=O)NCC(F)(F)F. The van der Waals surface area contributed by atoms with E-state index in [1.165, 1.54) is 0 Å². The molecule has 5 atom stereocenters. The number of benzene rings is 2. The minimum atomic E-state index is -4.59. The van der Waals surface area contributed by atoms with Crippen LogP contribution in [0.4, 0.5) is 13.2 Å². The number of aliphatic hydroxyl groups excluding tert-OH is 2. The predicted molar refractivity (Wildman–Crippen MR) is 185 cm³/mol. The lowest BCUT2D eigenvalue weighted by molar-refractivity contribution is -0.143. The molecule has 4 heterocycles. The molecule has 0 spiro atoms. The number of β-amino-alcohol motifs (C(OH)–C–C–N with tert-alkyl or cyclic N) is 1. The van der Waals surface area contributed by atoms with Gasteiger partial charge in [0.15, 0.2) is 0 Å². The van der Waals surface area contributed by atoms with Gasteiger partial charge in [0.05, 0.1) is 18.7 Å². The number of carbonyl (C=O) groups is 2.